The number of rotatable bonds is 1. The Labute approximate surface area is 147 Å². The highest BCUT2D eigenvalue weighted by Crippen LogP contribution is 2.42. The third-order valence-corrected chi connectivity index (χ3v) is 4.94. The molecule has 0 radical (unpaired) electrons. The van der Waals surface area contributed by atoms with Crippen LogP contribution in [0.25, 0.3) is 5.57 Å². The van der Waals surface area contributed by atoms with E-state index in [2.05, 4.69) is 10.3 Å². The number of hydrogen-bond donors (Lipinski definition) is 1. The zero-order valence-electron chi connectivity index (χ0n) is 13.1. The Hall–Kier alpha value is -2.93. The molecule has 124 valence electrons. The summed E-state index contributed by atoms with van der Waals surface area (Å²) < 4.78 is 13.0. The fourth-order valence-electron chi connectivity index (χ4n) is 2.76. The Balaban J connectivity index is 1.75. The Morgan fingerprint density at radius 2 is 1.80 bits per heavy atom. The highest BCUT2D eigenvalue weighted by atomic mass is 32.2. The number of fused-ring (bicyclic) bond motifs is 1. The molecule has 7 heteroatoms. The first-order chi connectivity index (χ1) is 12.0. The topological polar surface area (TPSA) is 61.8 Å². The molecule has 25 heavy (non-hydrogen) atoms. The van der Waals surface area contributed by atoms with Crippen molar-refractivity contribution < 1.29 is 14.0 Å². The van der Waals surface area contributed by atoms with Gasteiger partial charge >= 0.3 is 0 Å². The number of amides is 2. The lowest BCUT2D eigenvalue weighted by Gasteiger charge is -2.08. The van der Waals surface area contributed by atoms with Gasteiger partial charge in [-0.1, -0.05) is 18.2 Å². The Morgan fingerprint density at radius 3 is 2.56 bits per heavy atom. The first-order valence-electron chi connectivity index (χ1n) is 7.50. The lowest BCUT2D eigenvalue weighted by atomic mass is 10.1. The summed E-state index contributed by atoms with van der Waals surface area (Å²) in [6, 6.07) is 13.0. The molecule has 2 aromatic carbocycles. The van der Waals surface area contributed by atoms with Crippen molar-refractivity contribution >= 4 is 45.7 Å². The van der Waals surface area contributed by atoms with Gasteiger partial charge in [0.15, 0.2) is 5.17 Å². The van der Waals surface area contributed by atoms with Crippen molar-refractivity contribution in [1.29, 1.82) is 0 Å². The third-order valence-electron chi connectivity index (χ3n) is 3.96. The molecule has 0 atom stereocenters. The van der Waals surface area contributed by atoms with Gasteiger partial charge in [-0.2, -0.15) is 0 Å². The molecular weight excluding hydrogens is 341 g/mol. The monoisotopic (exact) mass is 353 g/mol. The molecule has 2 aliphatic rings. The normalized spacial score (nSPS) is 21.0. The molecule has 0 saturated carbocycles. The molecule has 0 unspecified atom stereocenters. The van der Waals surface area contributed by atoms with Gasteiger partial charge in [-0.3, -0.25) is 9.59 Å². The molecule has 2 amide bonds. The Morgan fingerprint density at radius 1 is 1.08 bits per heavy atom. The van der Waals surface area contributed by atoms with Crippen molar-refractivity contribution in [3.63, 3.8) is 0 Å². The third kappa shape index (κ3) is 2.62. The average Bonchev–Trinajstić information content (AvgIpc) is 3.08. The highest BCUT2D eigenvalue weighted by Gasteiger charge is 2.37. The van der Waals surface area contributed by atoms with E-state index in [1.807, 2.05) is 24.3 Å². The van der Waals surface area contributed by atoms with Gasteiger partial charge in [0.2, 0.25) is 0 Å². The summed E-state index contributed by atoms with van der Waals surface area (Å²) in [5.41, 5.74) is 2.40. The van der Waals surface area contributed by atoms with Gasteiger partial charge in [0.1, 0.15) is 5.82 Å². The number of carbonyl (C=O) groups excluding carboxylic acids is 2. The van der Waals surface area contributed by atoms with Crippen LogP contribution in [0.4, 0.5) is 15.8 Å². The Bertz CT molecular complexity index is 967. The number of aliphatic imine (C=N–C) groups is 1. The van der Waals surface area contributed by atoms with E-state index >= 15 is 0 Å². The highest BCUT2D eigenvalue weighted by molar-refractivity contribution is 8.18. The van der Waals surface area contributed by atoms with Crippen molar-refractivity contribution in [2.45, 2.75) is 0 Å². The summed E-state index contributed by atoms with van der Waals surface area (Å²) >= 11 is 1.11. The summed E-state index contributed by atoms with van der Waals surface area (Å²) in [6.45, 7) is 0. The van der Waals surface area contributed by atoms with Gasteiger partial charge in [0.25, 0.3) is 11.8 Å². The number of carbonyl (C=O) groups is 2. The van der Waals surface area contributed by atoms with Gasteiger partial charge in [0, 0.05) is 12.6 Å². The first kappa shape index (κ1) is 15.6. The van der Waals surface area contributed by atoms with Crippen LogP contribution in [0.1, 0.15) is 5.56 Å². The van der Waals surface area contributed by atoms with E-state index in [1.165, 1.54) is 29.2 Å². The van der Waals surface area contributed by atoms with Crippen molar-refractivity contribution in [2.24, 2.45) is 4.99 Å². The van der Waals surface area contributed by atoms with Gasteiger partial charge in [-0.15, -0.1) is 0 Å². The fraction of sp³-hybridized carbons (Fsp3) is 0.0556. The molecule has 0 bridgehead atoms. The quantitative estimate of drug-likeness (QED) is 0.802. The molecule has 1 N–H and O–H groups in total. The second-order valence-electron chi connectivity index (χ2n) is 5.54. The molecule has 1 saturated heterocycles. The number of amidine groups is 1. The minimum atomic E-state index is -0.362. The van der Waals surface area contributed by atoms with Gasteiger partial charge in [-0.25, -0.2) is 9.38 Å². The number of halogens is 1. The number of benzene rings is 2. The van der Waals surface area contributed by atoms with Crippen LogP contribution in [-0.4, -0.2) is 24.0 Å². The summed E-state index contributed by atoms with van der Waals surface area (Å²) in [6.07, 6.45) is 0. The fourth-order valence-corrected chi connectivity index (χ4v) is 3.69. The molecular formula is C18H12FN3O2S. The second-order valence-corrected chi connectivity index (χ2v) is 6.53. The largest absolute Gasteiger partial charge is 0.311 e. The van der Waals surface area contributed by atoms with Crippen LogP contribution >= 0.6 is 11.8 Å². The molecule has 4 rings (SSSR count). The van der Waals surface area contributed by atoms with Gasteiger partial charge < -0.3 is 10.2 Å². The number of thioether (sulfide) groups is 1. The summed E-state index contributed by atoms with van der Waals surface area (Å²) in [5, 5.41) is 3.02. The molecule has 2 aromatic rings. The molecule has 0 aliphatic carbocycles. The Kier molecular flexibility index (Phi) is 3.65. The molecule has 5 nitrogen and oxygen atoms in total. The smallest absolute Gasteiger partial charge is 0.264 e. The number of likely N-dealkylation sites (N-methyl/N-ethyl adjacent to an activating group) is 1. The van der Waals surface area contributed by atoms with E-state index in [0.717, 1.165) is 23.0 Å². The van der Waals surface area contributed by atoms with Crippen molar-refractivity contribution in [3.05, 3.63) is 64.8 Å². The maximum absolute atomic E-state index is 13.0. The maximum Gasteiger partial charge on any atom is 0.264 e. The molecule has 2 aliphatic heterocycles. The van der Waals surface area contributed by atoms with E-state index in [1.54, 1.807) is 7.05 Å². The predicted octanol–water partition coefficient (Wildman–Crippen LogP) is 3.06. The van der Waals surface area contributed by atoms with Crippen LogP contribution in [0, 0.1) is 5.82 Å². The van der Waals surface area contributed by atoms with E-state index in [-0.39, 0.29) is 17.6 Å². The van der Waals surface area contributed by atoms with E-state index < -0.39 is 0 Å². The van der Waals surface area contributed by atoms with Crippen molar-refractivity contribution in [1.82, 2.24) is 5.32 Å². The standard InChI is InChI=1S/C18H12FN3O2S/c1-22-13-5-3-2-4-12(13)14(17(22)24)15-16(23)21-18(25-15)20-11-8-6-10(19)7-9-11/h2-9H,1H3,(H,20,21,23)/b15-14-. The number of para-hydroxylation sites is 1. The minimum absolute atomic E-state index is 0.220. The van der Waals surface area contributed by atoms with Crippen LogP contribution in [-0.2, 0) is 9.59 Å². The van der Waals surface area contributed by atoms with Crippen molar-refractivity contribution in [2.75, 3.05) is 11.9 Å². The zero-order valence-corrected chi connectivity index (χ0v) is 13.9. The molecule has 0 spiro atoms. The van der Waals surface area contributed by atoms with Crippen LogP contribution in [0.15, 0.2) is 58.4 Å². The first-order valence-corrected chi connectivity index (χ1v) is 8.31. The van der Waals surface area contributed by atoms with Gasteiger partial charge in [-0.05, 0) is 42.1 Å². The summed E-state index contributed by atoms with van der Waals surface area (Å²) in [7, 11) is 1.68. The lowest BCUT2D eigenvalue weighted by Crippen LogP contribution is -2.23. The number of hydrogen-bond acceptors (Lipinski definition) is 4. The zero-order chi connectivity index (χ0) is 17.6. The minimum Gasteiger partial charge on any atom is -0.311 e. The van der Waals surface area contributed by atoms with Gasteiger partial charge in [0.05, 0.1) is 21.9 Å². The van der Waals surface area contributed by atoms with Crippen LogP contribution in [0.3, 0.4) is 0 Å². The SMILES string of the molecule is CN1C(=O)/C(=C2\SC(=Nc3ccc(F)cc3)NC2=O)c2ccccc21. The maximum atomic E-state index is 13.0. The van der Waals surface area contributed by atoms with Crippen LogP contribution < -0.4 is 10.2 Å². The molecule has 0 aromatic heterocycles. The predicted molar refractivity (Wildman–Crippen MR) is 96.0 cm³/mol. The molecule has 2 heterocycles. The summed E-state index contributed by atoms with van der Waals surface area (Å²) in [4.78, 5) is 31.1. The number of anilines is 1. The second kappa shape index (κ2) is 5.86. The van der Waals surface area contributed by atoms with Crippen molar-refractivity contribution in [3.8, 4) is 0 Å². The number of nitrogens with zero attached hydrogens (tertiary/aromatic N) is 2. The summed E-state index contributed by atoms with van der Waals surface area (Å²) in [5.74, 6) is -0.938. The number of nitrogens with one attached hydrogen (secondary N) is 1. The van der Waals surface area contributed by atoms with Crippen LogP contribution in [0.2, 0.25) is 0 Å². The average molecular weight is 353 g/mol. The lowest BCUT2D eigenvalue weighted by molar-refractivity contribution is -0.116. The van der Waals surface area contributed by atoms with E-state index in [9.17, 15) is 14.0 Å². The molecule has 1 fully saturated rings. The van der Waals surface area contributed by atoms with E-state index in [0.29, 0.717) is 21.3 Å². The van der Waals surface area contributed by atoms with Crippen LogP contribution in [0.5, 0.6) is 0 Å². The van der Waals surface area contributed by atoms with E-state index in [4.69, 9.17) is 0 Å².